The Bertz CT molecular complexity index is 1160. The smallest absolute Gasteiger partial charge is 0.159 e. The van der Waals surface area contributed by atoms with E-state index in [1.807, 2.05) is 30.5 Å². The first-order chi connectivity index (χ1) is 15.8. The van der Waals surface area contributed by atoms with Gasteiger partial charge >= 0.3 is 0 Å². The average molecular weight is 443 g/mol. The number of hydrogen-bond acceptors (Lipinski definition) is 6. The summed E-state index contributed by atoms with van der Waals surface area (Å²) in [5, 5.41) is 4.41. The molecule has 0 unspecified atom stereocenters. The summed E-state index contributed by atoms with van der Waals surface area (Å²) in [6.07, 6.45) is 7.74. The number of aromatic nitrogens is 3. The van der Waals surface area contributed by atoms with E-state index in [9.17, 15) is 0 Å². The number of likely N-dealkylation sites (tertiary alicyclic amines) is 1. The van der Waals surface area contributed by atoms with Crippen LogP contribution in [0.3, 0.4) is 0 Å². The van der Waals surface area contributed by atoms with E-state index in [-0.39, 0.29) is 0 Å². The molecule has 1 fully saturated rings. The van der Waals surface area contributed by atoms with Crippen LogP contribution in [-0.2, 0) is 6.54 Å². The number of benzene rings is 1. The van der Waals surface area contributed by atoms with Crippen molar-refractivity contribution >= 4 is 11.3 Å². The predicted octanol–water partition coefficient (Wildman–Crippen LogP) is 5.66. The standard InChI is InChI=1S/C26H26N4OS/c1-31-23-4-2-3-22(15-23)24-16-28-26(21-5-10-27-11-6-21)29-25(24)20-7-12-30(13-8-20)17-19-9-14-32-18-19/h2-6,9-11,14-16,18,20H,7-8,12-13,17H2,1H3. The van der Waals surface area contributed by atoms with Gasteiger partial charge in [-0.25, -0.2) is 9.97 Å². The van der Waals surface area contributed by atoms with Gasteiger partial charge in [-0.2, -0.15) is 11.3 Å². The van der Waals surface area contributed by atoms with Crippen molar-refractivity contribution in [2.24, 2.45) is 0 Å². The van der Waals surface area contributed by atoms with E-state index in [1.165, 1.54) is 5.56 Å². The summed E-state index contributed by atoms with van der Waals surface area (Å²) < 4.78 is 5.47. The molecule has 0 saturated carbocycles. The lowest BCUT2D eigenvalue weighted by atomic mass is 9.88. The average Bonchev–Trinajstić information content (AvgIpc) is 3.38. The summed E-state index contributed by atoms with van der Waals surface area (Å²) in [5.41, 5.74) is 5.73. The minimum Gasteiger partial charge on any atom is -0.497 e. The Morgan fingerprint density at radius 1 is 1.06 bits per heavy atom. The monoisotopic (exact) mass is 442 g/mol. The highest BCUT2D eigenvalue weighted by Crippen LogP contribution is 2.36. The maximum atomic E-state index is 5.47. The van der Waals surface area contributed by atoms with Crippen LogP contribution >= 0.6 is 11.3 Å². The number of methoxy groups -OCH3 is 1. The fraction of sp³-hybridized carbons (Fsp3) is 0.269. The van der Waals surface area contributed by atoms with Crippen LogP contribution in [-0.4, -0.2) is 40.1 Å². The van der Waals surface area contributed by atoms with E-state index in [1.54, 1.807) is 30.8 Å². The van der Waals surface area contributed by atoms with Gasteiger partial charge in [0.15, 0.2) is 5.82 Å². The SMILES string of the molecule is COc1cccc(-c2cnc(-c3ccncc3)nc2C2CCN(Cc3ccsc3)CC2)c1. The Morgan fingerprint density at radius 3 is 2.66 bits per heavy atom. The van der Waals surface area contributed by atoms with E-state index in [2.05, 4.69) is 38.8 Å². The van der Waals surface area contributed by atoms with Crippen LogP contribution in [0.4, 0.5) is 0 Å². The van der Waals surface area contributed by atoms with Crippen molar-refractivity contribution in [2.75, 3.05) is 20.2 Å². The van der Waals surface area contributed by atoms with Crippen molar-refractivity contribution in [1.29, 1.82) is 0 Å². The van der Waals surface area contributed by atoms with Gasteiger partial charge in [-0.15, -0.1) is 0 Å². The molecule has 0 amide bonds. The van der Waals surface area contributed by atoms with Gasteiger partial charge in [-0.3, -0.25) is 9.88 Å². The molecule has 4 heterocycles. The molecule has 0 atom stereocenters. The molecule has 32 heavy (non-hydrogen) atoms. The van der Waals surface area contributed by atoms with E-state index < -0.39 is 0 Å². The van der Waals surface area contributed by atoms with Crippen LogP contribution in [0, 0.1) is 0 Å². The van der Waals surface area contributed by atoms with Crippen LogP contribution in [0.25, 0.3) is 22.5 Å². The Hall–Kier alpha value is -3.09. The Balaban J connectivity index is 1.45. The fourth-order valence-corrected chi connectivity index (χ4v) is 5.02. The van der Waals surface area contributed by atoms with Crippen molar-refractivity contribution in [1.82, 2.24) is 19.9 Å². The van der Waals surface area contributed by atoms with E-state index >= 15 is 0 Å². The van der Waals surface area contributed by atoms with Gasteiger partial charge in [0.2, 0.25) is 0 Å². The molecule has 3 aromatic heterocycles. The van der Waals surface area contributed by atoms with Gasteiger partial charge < -0.3 is 4.74 Å². The Morgan fingerprint density at radius 2 is 1.91 bits per heavy atom. The zero-order valence-electron chi connectivity index (χ0n) is 18.1. The number of piperidine rings is 1. The van der Waals surface area contributed by atoms with E-state index in [0.29, 0.717) is 5.92 Å². The van der Waals surface area contributed by atoms with Gasteiger partial charge in [0.25, 0.3) is 0 Å². The third kappa shape index (κ3) is 4.56. The van der Waals surface area contributed by atoms with Crippen LogP contribution in [0.15, 0.2) is 71.8 Å². The highest BCUT2D eigenvalue weighted by molar-refractivity contribution is 7.07. The maximum absolute atomic E-state index is 5.47. The molecule has 6 heteroatoms. The van der Waals surface area contributed by atoms with Crippen LogP contribution < -0.4 is 4.74 Å². The first-order valence-electron chi connectivity index (χ1n) is 11.0. The van der Waals surface area contributed by atoms with E-state index in [0.717, 1.165) is 66.4 Å². The molecule has 5 nitrogen and oxygen atoms in total. The van der Waals surface area contributed by atoms with Crippen molar-refractivity contribution in [3.05, 3.63) is 83.1 Å². The summed E-state index contributed by atoms with van der Waals surface area (Å²) in [7, 11) is 1.70. The molecule has 1 aliphatic heterocycles. The van der Waals surface area contributed by atoms with Gasteiger partial charge in [-0.1, -0.05) is 12.1 Å². The number of pyridine rings is 1. The molecule has 0 radical (unpaired) electrons. The van der Waals surface area contributed by atoms with Gasteiger partial charge in [-0.05, 0) is 78.2 Å². The largest absolute Gasteiger partial charge is 0.497 e. The lowest BCUT2D eigenvalue weighted by Gasteiger charge is -2.32. The lowest BCUT2D eigenvalue weighted by Crippen LogP contribution is -2.32. The normalized spacial score (nSPS) is 15.0. The van der Waals surface area contributed by atoms with Gasteiger partial charge in [0.05, 0.1) is 12.8 Å². The summed E-state index contributed by atoms with van der Waals surface area (Å²) in [6, 6.07) is 14.3. The molecule has 1 aromatic carbocycles. The molecule has 1 saturated heterocycles. The molecule has 0 aliphatic carbocycles. The number of rotatable bonds is 6. The summed E-state index contributed by atoms with van der Waals surface area (Å²) in [6.45, 7) is 3.18. The molecule has 0 N–H and O–H groups in total. The molecule has 0 bridgehead atoms. The second-order valence-electron chi connectivity index (χ2n) is 8.14. The maximum Gasteiger partial charge on any atom is 0.159 e. The van der Waals surface area contributed by atoms with Gasteiger partial charge in [0.1, 0.15) is 5.75 Å². The summed E-state index contributed by atoms with van der Waals surface area (Å²) in [5.74, 6) is 2.01. The second kappa shape index (κ2) is 9.59. The Labute approximate surface area is 192 Å². The molecular weight excluding hydrogens is 416 g/mol. The number of thiophene rings is 1. The molecular formula is C26H26N4OS. The fourth-order valence-electron chi connectivity index (χ4n) is 4.36. The van der Waals surface area contributed by atoms with Crippen molar-refractivity contribution in [3.8, 4) is 28.3 Å². The second-order valence-corrected chi connectivity index (χ2v) is 8.92. The molecule has 0 spiro atoms. The summed E-state index contributed by atoms with van der Waals surface area (Å²) in [4.78, 5) is 16.5. The number of hydrogen-bond donors (Lipinski definition) is 0. The molecule has 162 valence electrons. The highest BCUT2D eigenvalue weighted by Gasteiger charge is 2.25. The lowest BCUT2D eigenvalue weighted by molar-refractivity contribution is 0.203. The molecule has 4 aromatic rings. The Kier molecular flexibility index (Phi) is 6.23. The minimum atomic E-state index is 0.401. The van der Waals surface area contributed by atoms with Crippen LogP contribution in [0.1, 0.15) is 30.0 Å². The topological polar surface area (TPSA) is 51.1 Å². The minimum absolute atomic E-state index is 0.401. The first-order valence-corrected chi connectivity index (χ1v) is 11.9. The van der Waals surface area contributed by atoms with E-state index in [4.69, 9.17) is 14.7 Å². The van der Waals surface area contributed by atoms with Gasteiger partial charge in [0, 0.05) is 42.2 Å². The predicted molar refractivity (Wildman–Crippen MR) is 129 cm³/mol. The zero-order valence-corrected chi connectivity index (χ0v) is 19.0. The van der Waals surface area contributed by atoms with Crippen molar-refractivity contribution < 1.29 is 4.74 Å². The highest BCUT2D eigenvalue weighted by atomic mass is 32.1. The number of nitrogens with zero attached hydrogens (tertiary/aromatic N) is 4. The molecule has 1 aliphatic rings. The quantitative estimate of drug-likeness (QED) is 0.386. The van der Waals surface area contributed by atoms with Crippen molar-refractivity contribution in [3.63, 3.8) is 0 Å². The van der Waals surface area contributed by atoms with Crippen LogP contribution in [0.2, 0.25) is 0 Å². The zero-order chi connectivity index (χ0) is 21.8. The third-order valence-corrected chi connectivity index (χ3v) is 6.83. The first kappa shape index (κ1) is 20.8. The third-order valence-electron chi connectivity index (χ3n) is 6.10. The van der Waals surface area contributed by atoms with Crippen molar-refractivity contribution in [2.45, 2.75) is 25.3 Å². The number of ether oxygens (including phenoxy) is 1. The van der Waals surface area contributed by atoms with Crippen LogP contribution in [0.5, 0.6) is 5.75 Å². The molecule has 5 rings (SSSR count). The summed E-state index contributed by atoms with van der Waals surface area (Å²) >= 11 is 1.77.